The normalized spacial score (nSPS) is 10.4. The average Bonchev–Trinajstić information content (AvgIpc) is 3.09. The van der Waals surface area contributed by atoms with Gasteiger partial charge in [-0.05, 0) is 24.3 Å². The summed E-state index contributed by atoms with van der Waals surface area (Å²) in [6.07, 6.45) is 1.42. The zero-order chi connectivity index (χ0) is 16.9. The van der Waals surface area contributed by atoms with Gasteiger partial charge in [0.05, 0.1) is 19.2 Å². The standard InChI is InChI=1S/C17H16N4O3/c1-23-15-5-3-2-4-13(15)14-8-12(24-21-14)10-20-17(22)11-6-7-16(18)19-9-11/h2-9H,10H2,1H3,(H2,18,19)(H,20,22). The second-order valence-electron chi connectivity index (χ2n) is 5.03. The Hall–Kier alpha value is -3.35. The fourth-order valence-electron chi connectivity index (χ4n) is 2.19. The van der Waals surface area contributed by atoms with Crippen LogP contribution < -0.4 is 15.8 Å². The largest absolute Gasteiger partial charge is 0.496 e. The lowest BCUT2D eigenvalue weighted by Crippen LogP contribution is -2.22. The fraction of sp³-hybridized carbons (Fsp3) is 0.118. The molecular weight excluding hydrogens is 308 g/mol. The van der Waals surface area contributed by atoms with E-state index in [0.29, 0.717) is 28.6 Å². The molecule has 0 atom stereocenters. The predicted octanol–water partition coefficient (Wildman–Crippen LogP) is 2.26. The summed E-state index contributed by atoms with van der Waals surface area (Å²) in [5.41, 5.74) is 7.39. The van der Waals surface area contributed by atoms with Crippen molar-refractivity contribution in [1.29, 1.82) is 0 Å². The minimum absolute atomic E-state index is 0.214. The molecule has 7 nitrogen and oxygen atoms in total. The minimum Gasteiger partial charge on any atom is -0.496 e. The monoisotopic (exact) mass is 324 g/mol. The summed E-state index contributed by atoms with van der Waals surface area (Å²) in [6.45, 7) is 0.214. The van der Waals surface area contributed by atoms with Crippen LogP contribution in [0.2, 0.25) is 0 Å². The Labute approximate surface area is 138 Å². The highest BCUT2D eigenvalue weighted by Crippen LogP contribution is 2.28. The van der Waals surface area contributed by atoms with Crippen molar-refractivity contribution in [2.75, 3.05) is 12.8 Å². The molecule has 0 spiro atoms. The van der Waals surface area contributed by atoms with Gasteiger partial charge in [0.25, 0.3) is 5.91 Å². The molecule has 3 aromatic rings. The molecule has 0 saturated heterocycles. The van der Waals surface area contributed by atoms with Crippen LogP contribution in [0.25, 0.3) is 11.3 Å². The highest BCUT2D eigenvalue weighted by molar-refractivity contribution is 5.93. The fourth-order valence-corrected chi connectivity index (χ4v) is 2.19. The van der Waals surface area contributed by atoms with Crippen molar-refractivity contribution < 1.29 is 14.1 Å². The van der Waals surface area contributed by atoms with Crippen LogP contribution in [0, 0.1) is 0 Å². The van der Waals surface area contributed by atoms with Gasteiger partial charge in [0, 0.05) is 17.8 Å². The third kappa shape index (κ3) is 3.35. The van der Waals surface area contributed by atoms with E-state index in [-0.39, 0.29) is 12.5 Å². The van der Waals surface area contributed by atoms with E-state index in [2.05, 4.69) is 15.5 Å². The molecule has 0 radical (unpaired) electrons. The molecule has 122 valence electrons. The number of nitrogens with one attached hydrogen (secondary N) is 1. The summed E-state index contributed by atoms with van der Waals surface area (Å²) < 4.78 is 10.6. The van der Waals surface area contributed by atoms with Crippen molar-refractivity contribution >= 4 is 11.7 Å². The molecule has 0 aliphatic rings. The number of carbonyl (C=O) groups is 1. The molecule has 7 heteroatoms. The second-order valence-corrected chi connectivity index (χ2v) is 5.03. The molecule has 0 fully saturated rings. The number of carbonyl (C=O) groups excluding carboxylic acids is 1. The second kappa shape index (κ2) is 6.82. The molecule has 0 unspecified atom stereocenters. The number of aromatic nitrogens is 2. The molecular formula is C17H16N4O3. The predicted molar refractivity (Wildman–Crippen MR) is 88.3 cm³/mol. The molecule has 3 N–H and O–H groups in total. The number of methoxy groups -OCH3 is 1. The quantitative estimate of drug-likeness (QED) is 0.746. The molecule has 1 amide bonds. The van der Waals surface area contributed by atoms with Gasteiger partial charge < -0.3 is 20.3 Å². The van der Waals surface area contributed by atoms with E-state index in [4.69, 9.17) is 15.0 Å². The lowest BCUT2D eigenvalue weighted by molar-refractivity contribution is 0.0947. The highest BCUT2D eigenvalue weighted by atomic mass is 16.5. The number of pyridine rings is 1. The molecule has 2 heterocycles. The summed E-state index contributed by atoms with van der Waals surface area (Å²) in [5, 5.41) is 6.77. The number of amides is 1. The van der Waals surface area contributed by atoms with Crippen LogP contribution in [0.5, 0.6) is 5.75 Å². The van der Waals surface area contributed by atoms with Gasteiger partial charge >= 0.3 is 0 Å². The summed E-state index contributed by atoms with van der Waals surface area (Å²) in [7, 11) is 1.60. The first-order valence-electron chi connectivity index (χ1n) is 7.26. The SMILES string of the molecule is COc1ccccc1-c1cc(CNC(=O)c2ccc(N)nc2)on1. The lowest BCUT2D eigenvalue weighted by Gasteiger charge is -2.04. The van der Waals surface area contributed by atoms with Crippen LogP contribution in [-0.2, 0) is 6.54 Å². The smallest absolute Gasteiger partial charge is 0.253 e. The molecule has 0 aliphatic heterocycles. The van der Waals surface area contributed by atoms with Crippen molar-refractivity contribution in [1.82, 2.24) is 15.5 Å². The van der Waals surface area contributed by atoms with Gasteiger partial charge in [-0.2, -0.15) is 0 Å². The van der Waals surface area contributed by atoms with Crippen LogP contribution in [0.4, 0.5) is 5.82 Å². The highest BCUT2D eigenvalue weighted by Gasteiger charge is 2.12. The Kier molecular flexibility index (Phi) is 4.42. The Morgan fingerprint density at radius 1 is 1.29 bits per heavy atom. The summed E-state index contributed by atoms with van der Waals surface area (Å²) in [4.78, 5) is 15.9. The van der Waals surface area contributed by atoms with E-state index >= 15 is 0 Å². The third-order valence-electron chi connectivity index (χ3n) is 3.41. The lowest BCUT2D eigenvalue weighted by atomic mass is 10.1. The van der Waals surface area contributed by atoms with Crippen LogP contribution in [0.3, 0.4) is 0 Å². The Morgan fingerprint density at radius 3 is 2.88 bits per heavy atom. The van der Waals surface area contributed by atoms with Gasteiger partial charge in [-0.25, -0.2) is 4.98 Å². The molecule has 0 saturated carbocycles. The van der Waals surface area contributed by atoms with Crippen LogP contribution >= 0.6 is 0 Å². The first-order chi connectivity index (χ1) is 11.7. The van der Waals surface area contributed by atoms with Crippen molar-refractivity contribution in [2.24, 2.45) is 0 Å². The Morgan fingerprint density at radius 2 is 2.12 bits per heavy atom. The third-order valence-corrected chi connectivity index (χ3v) is 3.41. The van der Waals surface area contributed by atoms with Gasteiger partial charge in [-0.15, -0.1) is 0 Å². The van der Waals surface area contributed by atoms with Crippen LogP contribution in [0.1, 0.15) is 16.1 Å². The van der Waals surface area contributed by atoms with Crippen molar-refractivity contribution in [3.8, 4) is 17.0 Å². The number of hydrogen-bond acceptors (Lipinski definition) is 6. The van der Waals surface area contributed by atoms with E-state index in [1.54, 1.807) is 25.3 Å². The summed E-state index contributed by atoms with van der Waals surface area (Å²) in [6, 6.07) is 12.5. The van der Waals surface area contributed by atoms with E-state index in [0.717, 1.165) is 5.56 Å². The average molecular weight is 324 g/mol. The Bertz CT molecular complexity index is 843. The molecule has 0 bridgehead atoms. The minimum atomic E-state index is -0.266. The van der Waals surface area contributed by atoms with Gasteiger partial charge in [-0.3, -0.25) is 4.79 Å². The van der Waals surface area contributed by atoms with E-state index in [9.17, 15) is 4.79 Å². The zero-order valence-electron chi connectivity index (χ0n) is 13.0. The number of nitrogens with zero attached hydrogens (tertiary/aromatic N) is 2. The van der Waals surface area contributed by atoms with Crippen molar-refractivity contribution in [3.63, 3.8) is 0 Å². The molecule has 1 aromatic carbocycles. The number of rotatable bonds is 5. The van der Waals surface area contributed by atoms with E-state index in [1.165, 1.54) is 6.20 Å². The number of nitrogens with two attached hydrogens (primary N) is 1. The van der Waals surface area contributed by atoms with E-state index < -0.39 is 0 Å². The van der Waals surface area contributed by atoms with Gasteiger partial charge in [-0.1, -0.05) is 17.3 Å². The zero-order valence-corrected chi connectivity index (χ0v) is 13.0. The maximum Gasteiger partial charge on any atom is 0.253 e. The van der Waals surface area contributed by atoms with Gasteiger partial charge in [0.15, 0.2) is 5.76 Å². The number of anilines is 1. The van der Waals surface area contributed by atoms with Gasteiger partial charge in [0.2, 0.25) is 0 Å². The molecule has 24 heavy (non-hydrogen) atoms. The maximum atomic E-state index is 12.0. The van der Waals surface area contributed by atoms with Crippen LogP contribution in [0.15, 0.2) is 53.2 Å². The number of ether oxygens (including phenoxy) is 1. The maximum absolute atomic E-state index is 12.0. The number of para-hydroxylation sites is 1. The number of benzene rings is 1. The Balaban J connectivity index is 1.68. The molecule has 0 aliphatic carbocycles. The van der Waals surface area contributed by atoms with Crippen LogP contribution in [-0.4, -0.2) is 23.2 Å². The summed E-state index contributed by atoms with van der Waals surface area (Å²) in [5.74, 6) is 1.34. The van der Waals surface area contributed by atoms with E-state index in [1.807, 2.05) is 24.3 Å². The molecule has 3 rings (SSSR count). The van der Waals surface area contributed by atoms with Crippen molar-refractivity contribution in [3.05, 3.63) is 60.0 Å². The summed E-state index contributed by atoms with van der Waals surface area (Å²) >= 11 is 0. The first-order valence-corrected chi connectivity index (χ1v) is 7.26. The first kappa shape index (κ1) is 15.5. The number of nitrogen functional groups attached to an aromatic ring is 1. The topological polar surface area (TPSA) is 103 Å². The van der Waals surface area contributed by atoms with Gasteiger partial charge in [0.1, 0.15) is 17.3 Å². The van der Waals surface area contributed by atoms with Crippen molar-refractivity contribution in [2.45, 2.75) is 6.54 Å². The molecule has 2 aromatic heterocycles. The number of hydrogen-bond donors (Lipinski definition) is 2.